The van der Waals surface area contributed by atoms with Crippen molar-refractivity contribution in [3.05, 3.63) is 59.9 Å². The highest BCUT2D eigenvalue weighted by Crippen LogP contribution is 2.24. The second-order valence-electron chi connectivity index (χ2n) is 7.43. The summed E-state index contributed by atoms with van der Waals surface area (Å²) in [5, 5.41) is 9.19. The Balaban J connectivity index is 1.44. The molecule has 1 aromatic heterocycles. The van der Waals surface area contributed by atoms with Gasteiger partial charge < -0.3 is 16.0 Å². The summed E-state index contributed by atoms with van der Waals surface area (Å²) in [5.41, 5.74) is 2.26. The normalized spacial score (nSPS) is 15.6. The SMILES string of the molecule is CC(CC(=O)NCc1ccc(C(=O)Nc2ccncc2)cc1)C1CCNCC1. The fourth-order valence-corrected chi connectivity index (χ4v) is 3.56. The summed E-state index contributed by atoms with van der Waals surface area (Å²) in [5.74, 6) is 0.953. The van der Waals surface area contributed by atoms with Crippen LogP contribution >= 0.6 is 0 Å². The number of pyridine rings is 1. The van der Waals surface area contributed by atoms with Crippen LogP contribution in [0, 0.1) is 11.8 Å². The predicted molar refractivity (Wildman–Crippen MR) is 110 cm³/mol. The minimum Gasteiger partial charge on any atom is -0.352 e. The smallest absolute Gasteiger partial charge is 0.255 e. The van der Waals surface area contributed by atoms with E-state index in [-0.39, 0.29) is 11.8 Å². The Hall–Kier alpha value is -2.73. The second kappa shape index (κ2) is 9.99. The molecule has 2 aromatic rings. The van der Waals surface area contributed by atoms with Crippen LogP contribution in [-0.2, 0) is 11.3 Å². The lowest BCUT2D eigenvalue weighted by Crippen LogP contribution is -2.33. The molecule has 0 aliphatic carbocycles. The van der Waals surface area contributed by atoms with Gasteiger partial charge in [0.05, 0.1) is 0 Å². The molecule has 1 atom stereocenters. The molecular formula is C22H28N4O2. The number of piperidine rings is 1. The van der Waals surface area contributed by atoms with Gasteiger partial charge in [0.2, 0.25) is 5.91 Å². The third kappa shape index (κ3) is 5.89. The number of aromatic nitrogens is 1. The van der Waals surface area contributed by atoms with Gasteiger partial charge in [0.1, 0.15) is 0 Å². The molecule has 6 heteroatoms. The van der Waals surface area contributed by atoms with Gasteiger partial charge in [0.15, 0.2) is 0 Å². The number of anilines is 1. The molecule has 3 rings (SSSR count). The highest BCUT2D eigenvalue weighted by atomic mass is 16.2. The maximum atomic E-state index is 12.3. The molecule has 2 heterocycles. The molecule has 6 nitrogen and oxygen atoms in total. The number of carbonyl (C=O) groups excluding carboxylic acids is 2. The first-order valence-corrected chi connectivity index (χ1v) is 9.89. The Morgan fingerprint density at radius 1 is 1.11 bits per heavy atom. The molecule has 2 amide bonds. The van der Waals surface area contributed by atoms with E-state index in [1.807, 2.05) is 12.1 Å². The van der Waals surface area contributed by atoms with Crippen LogP contribution in [0.15, 0.2) is 48.8 Å². The monoisotopic (exact) mass is 380 g/mol. The van der Waals surface area contributed by atoms with E-state index in [4.69, 9.17) is 0 Å². The zero-order valence-electron chi connectivity index (χ0n) is 16.3. The lowest BCUT2D eigenvalue weighted by molar-refractivity contribution is -0.122. The number of benzene rings is 1. The third-order valence-corrected chi connectivity index (χ3v) is 5.34. The summed E-state index contributed by atoms with van der Waals surface area (Å²) in [6, 6.07) is 10.8. The average molecular weight is 380 g/mol. The first-order chi connectivity index (χ1) is 13.6. The van der Waals surface area contributed by atoms with Gasteiger partial charge in [-0.15, -0.1) is 0 Å². The summed E-state index contributed by atoms with van der Waals surface area (Å²) in [4.78, 5) is 28.4. The van der Waals surface area contributed by atoms with Crippen molar-refractivity contribution in [2.75, 3.05) is 18.4 Å². The van der Waals surface area contributed by atoms with Gasteiger partial charge in [-0.05, 0) is 67.6 Å². The van der Waals surface area contributed by atoms with E-state index in [0.29, 0.717) is 36.1 Å². The Bertz CT molecular complexity index is 771. The molecule has 1 saturated heterocycles. The van der Waals surface area contributed by atoms with Gasteiger partial charge in [0.25, 0.3) is 5.91 Å². The third-order valence-electron chi connectivity index (χ3n) is 5.34. The Morgan fingerprint density at radius 2 is 1.79 bits per heavy atom. The molecule has 148 valence electrons. The summed E-state index contributed by atoms with van der Waals surface area (Å²) >= 11 is 0. The minimum atomic E-state index is -0.169. The summed E-state index contributed by atoms with van der Waals surface area (Å²) in [6.07, 6.45) is 6.13. The first-order valence-electron chi connectivity index (χ1n) is 9.89. The van der Waals surface area contributed by atoms with Crippen molar-refractivity contribution >= 4 is 17.5 Å². The van der Waals surface area contributed by atoms with Gasteiger partial charge in [-0.25, -0.2) is 0 Å². The standard InChI is InChI=1S/C22H28N4O2/c1-16(18-6-10-23-11-7-18)14-21(27)25-15-17-2-4-19(5-3-17)22(28)26-20-8-12-24-13-9-20/h2-5,8-9,12-13,16,18,23H,6-7,10-11,14-15H2,1H3,(H,25,27)(H,24,26,28). The van der Waals surface area contributed by atoms with Crippen LogP contribution in [0.2, 0.25) is 0 Å². The Kier molecular flexibility index (Phi) is 7.14. The quantitative estimate of drug-likeness (QED) is 0.690. The Labute approximate surface area is 166 Å². The van der Waals surface area contributed by atoms with Crippen molar-refractivity contribution in [1.29, 1.82) is 0 Å². The zero-order chi connectivity index (χ0) is 19.8. The van der Waals surface area contributed by atoms with E-state index in [1.165, 1.54) is 0 Å². The van der Waals surface area contributed by atoms with Gasteiger partial charge in [-0.2, -0.15) is 0 Å². The molecule has 3 N–H and O–H groups in total. The number of hydrogen-bond donors (Lipinski definition) is 3. The van der Waals surface area contributed by atoms with Crippen molar-refractivity contribution in [1.82, 2.24) is 15.6 Å². The molecule has 1 unspecified atom stereocenters. The zero-order valence-corrected chi connectivity index (χ0v) is 16.3. The second-order valence-corrected chi connectivity index (χ2v) is 7.43. The molecule has 0 bridgehead atoms. The molecule has 0 spiro atoms. The van der Waals surface area contributed by atoms with Crippen molar-refractivity contribution < 1.29 is 9.59 Å². The predicted octanol–water partition coefficient (Wildman–Crippen LogP) is 2.98. The topological polar surface area (TPSA) is 83.1 Å². The molecule has 1 aromatic carbocycles. The summed E-state index contributed by atoms with van der Waals surface area (Å²) in [7, 11) is 0. The number of hydrogen-bond acceptors (Lipinski definition) is 4. The molecular weight excluding hydrogens is 352 g/mol. The molecule has 1 fully saturated rings. The maximum absolute atomic E-state index is 12.3. The van der Waals surface area contributed by atoms with Crippen LogP contribution in [0.5, 0.6) is 0 Å². The first kappa shape index (κ1) is 20.0. The van der Waals surface area contributed by atoms with E-state index in [9.17, 15) is 9.59 Å². The van der Waals surface area contributed by atoms with Crippen LogP contribution in [-0.4, -0.2) is 29.9 Å². The highest BCUT2D eigenvalue weighted by Gasteiger charge is 2.21. The molecule has 0 radical (unpaired) electrons. The van der Waals surface area contributed by atoms with Crippen LogP contribution in [0.4, 0.5) is 5.69 Å². The summed E-state index contributed by atoms with van der Waals surface area (Å²) in [6.45, 7) is 4.76. The van der Waals surface area contributed by atoms with Crippen LogP contribution in [0.25, 0.3) is 0 Å². The number of nitrogens with zero attached hydrogens (tertiary/aromatic N) is 1. The van der Waals surface area contributed by atoms with E-state index < -0.39 is 0 Å². The van der Waals surface area contributed by atoms with E-state index in [2.05, 4.69) is 27.9 Å². The fourth-order valence-electron chi connectivity index (χ4n) is 3.56. The van der Waals surface area contributed by atoms with Crippen molar-refractivity contribution in [2.24, 2.45) is 11.8 Å². The molecule has 28 heavy (non-hydrogen) atoms. The molecule has 0 saturated carbocycles. The van der Waals surface area contributed by atoms with Gasteiger partial charge in [-0.3, -0.25) is 14.6 Å². The maximum Gasteiger partial charge on any atom is 0.255 e. The summed E-state index contributed by atoms with van der Waals surface area (Å²) < 4.78 is 0. The van der Waals surface area contributed by atoms with E-state index >= 15 is 0 Å². The van der Waals surface area contributed by atoms with Crippen molar-refractivity contribution in [3.63, 3.8) is 0 Å². The van der Waals surface area contributed by atoms with Crippen LogP contribution < -0.4 is 16.0 Å². The lowest BCUT2D eigenvalue weighted by atomic mass is 9.84. The number of carbonyl (C=O) groups is 2. The van der Waals surface area contributed by atoms with Gasteiger partial charge >= 0.3 is 0 Å². The average Bonchev–Trinajstić information content (AvgIpc) is 2.74. The van der Waals surface area contributed by atoms with Gasteiger partial charge in [-0.1, -0.05) is 19.1 Å². The largest absolute Gasteiger partial charge is 0.352 e. The molecule has 1 aliphatic heterocycles. The lowest BCUT2D eigenvalue weighted by Gasteiger charge is -2.27. The number of nitrogens with one attached hydrogen (secondary N) is 3. The van der Waals surface area contributed by atoms with Crippen LogP contribution in [0.3, 0.4) is 0 Å². The highest BCUT2D eigenvalue weighted by molar-refractivity contribution is 6.04. The Morgan fingerprint density at radius 3 is 2.46 bits per heavy atom. The van der Waals surface area contributed by atoms with E-state index in [1.54, 1.807) is 36.7 Å². The van der Waals surface area contributed by atoms with Crippen LogP contribution in [0.1, 0.15) is 42.1 Å². The van der Waals surface area contributed by atoms with Crippen molar-refractivity contribution in [2.45, 2.75) is 32.7 Å². The fraction of sp³-hybridized carbons (Fsp3) is 0.409. The molecule has 1 aliphatic rings. The minimum absolute atomic E-state index is 0.0885. The number of rotatable bonds is 7. The van der Waals surface area contributed by atoms with Gasteiger partial charge in [0, 0.05) is 36.6 Å². The van der Waals surface area contributed by atoms with Crippen molar-refractivity contribution in [3.8, 4) is 0 Å². The number of amides is 2. The van der Waals surface area contributed by atoms with E-state index in [0.717, 1.165) is 31.5 Å².